The summed E-state index contributed by atoms with van der Waals surface area (Å²) in [5.74, 6) is -2.10. The summed E-state index contributed by atoms with van der Waals surface area (Å²) in [5, 5.41) is 5.46. The van der Waals surface area contributed by atoms with Crippen molar-refractivity contribution in [1.82, 2.24) is 10.6 Å². The van der Waals surface area contributed by atoms with Gasteiger partial charge >= 0.3 is 12.1 Å². The van der Waals surface area contributed by atoms with Crippen molar-refractivity contribution < 1.29 is 33.4 Å². The number of nitrogens with one attached hydrogen (secondary N) is 2. The quantitative estimate of drug-likeness (QED) is 0.231. The molecule has 0 aliphatic heterocycles. The molecule has 2 aliphatic rings. The Hall–Kier alpha value is -3.10. The van der Waals surface area contributed by atoms with Crippen LogP contribution >= 0.6 is 0 Å². The number of Topliss-reactive ketones (excluding diaryl/α,β-unsaturated/α-hetero) is 1. The maximum Gasteiger partial charge on any atom is 0.408 e. The Bertz CT molecular complexity index is 794. The molecule has 0 unspecified atom stereocenters. The summed E-state index contributed by atoms with van der Waals surface area (Å²) in [6.45, 7) is 14.1. The topological polar surface area (TPSA) is 120 Å². The molecule has 0 saturated heterocycles. The number of hydrogen-bond acceptors (Lipinski definition) is 7. The van der Waals surface area contributed by atoms with E-state index < -0.39 is 41.4 Å². The van der Waals surface area contributed by atoms with Gasteiger partial charge in [0.25, 0.3) is 0 Å². The van der Waals surface area contributed by atoms with Gasteiger partial charge in [0.1, 0.15) is 31.4 Å². The molecular weight excluding hydrogens is 428 g/mol. The van der Waals surface area contributed by atoms with Crippen molar-refractivity contribution in [2.24, 2.45) is 23.7 Å². The third kappa shape index (κ3) is 6.24. The minimum absolute atomic E-state index is 0.0190. The van der Waals surface area contributed by atoms with Gasteiger partial charge in [-0.25, -0.2) is 9.59 Å². The number of esters is 1. The van der Waals surface area contributed by atoms with Crippen molar-refractivity contribution in [2.45, 2.75) is 44.7 Å². The van der Waals surface area contributed by atoms with E-state index in [1.54, 1.807) is 0 Å². The van der Waals surface area contributed by atoms with Crippen molar-refractivity contribution in [3.63, 3.8) is 0 Å². The summed E-state index contributed by atoms with van der Waals surface area (Å²) in [6, 6.07) is -0.906. The van der Waals surface area contributed by atoms with Crippen molar-refractivity contribution in [3.05, 3.63) is 38.2 Å². The lowest BCUT2D eigenvalue weighted by atomic mass is 9.87. The summed E-state index contributed by atoms with van der Waals surface area (Å²) in [5.41, 5.74) is -1.38. The van der Waals surface area contributed by atoms with E-state index in [1.165, 1.54) is 18.4 Å². The largest absolute Gasteiger partial charge is 0.494 e. The number of amides is 2. The Morgan fingerprint density at radius 3 is 2.36 bits per heavy atom. The van der Waals surface area contributed by atoms with Crippen LogP contribution in [0.25, 0.3) is 0 Å². The second kappa shape index (κ2) is 11.7. The molecule has 2 saturated carbocycles. The van der Waals surface area contributed by atoms with Crippen LogP contribution in [0.15, 0.2) is 38.2 Å². The van der Waals surface area contributed by atoms with E-state index in [2.05, 4.69) is 30.4 Å². The van der Waals surface area contributed by atoms with Crippen LogP contribution in [0.5, 0.6) is 0 Å². The van der Waals surface area contributed by atoms with Gasteiger partial charge in [-0.05, 0) is 31.1 Å². The number of rotatable bonds is 14. The Morgan fingerprint density at radius 2 is 1.76 bits per heavy atom. The first-order valence-electron chi connectivity index (χ1n) is 11.1. The van der Waals surface area contributed by atoms with Crippen molar-refractivity contribution in [2.75, 3.05) is 19.8 Å². The highest BCUT2D eigenvalue weighted by molar-refractivity contribution is 5.97. The summed E-state index contributed by atoms with van der Waals surface area (Å²) in [7, 11) is 0. The summed E-state index contributed by atoms with van der Waals surface area (Å²) < 4.78 is 15.2. The van der Waals surface area contributed by atoms with E-state index in [0.29, 0.717) is 19.3 Å². The molecule has 33 heavy (non-hydrogen) atoms. The number of carbonyl (C=O) groups excluding carboxylic acids is 4. The lowest BCUT2D eigenvalue weighted by Gasteiger charge is -2.33. The fourth-order valence-electron chi connectivity index (χ4n) is 4.68. The first-order chi connectivity index (χ1) is 15.7. The van der Waals surface area contributed by atoms with E-state index in [4.69, 9.17) is 14.2 Å². The van der Waals surface area contributed by atoms with Gasteiger partial charge in [-0.1, -0.05) is 45.7 Å². The van der Waals surface area contributed by atoms with Gasteiger partial charge in [0.15, 0.2) is 5.78 Å². The van der Waals surface area contributed by atoms with Gasteiger partial charge in [-0.3, -0.25) is 9.59 Å². The highest BCUT2D eigenvalue weighted by Gasteiger charge is 2.71. The number of ketones is 1. The van der Waals surface area contributed by atoms with Crippen LogP contribution in [0.2, 0.25) is 0 Å². The first kappa shape index (κ1) is 26.2. The summed E-state index contributed by atoms with van der Waals surface area (Å²) in [4.78, 5) is 51.2. The van der Waals surface area contributed by atoms with Crippen LogP contribution < -0.4 is 10.6 Å². The van der Waals surface area contributed by atoms with E-state index >= 15 is 0 Å². The van der Waals surface area contributed by atoms with Crippen LogP contribution in [-0.4, -0.2) is 55.2 Å². The monoisotopic (exact) mass is 462 g/mol. The summed E-state index contributed by atoms with van der Waals surface area (Å²) in [6.07, 6.45) is 4.49. The number of hydrogen-bond donors (Lipinski definition) is 2. The van der Waals surface area contributed by atoms with Gasteiger partial charge < -0.3 is 24.8 Å². The molecule has 0 aromatic carbocycles. The van der Waals surface area contributed by atoms with Gasteiger partial charge in [0.05, 0.1) is 6.26 Å². The van der Waals surface area contributed by atoms with Crippen LogP contribution in [0, 0.1) is 23.7 Å². The average Bonchev–Trinajstić information content (AvgIpc) is 3.40. The third-order valence-electron chi connectivity index (χ3n) is 6.03. The fourth-order valence-corrected chi connectivity index (χ4v) is 4.68. The zero-order chi connectivity index (χ0) is 24.6. The minimum Gasteiger partial charge on any atom is -0.494 e. The molecule has 2 rings (SSSR count). The highest BCUT2D eigenvalue weighted by Crippen LogP contribution is 2.62. The molecule has 2 fully saturated rings. The van der Waals surface area contributed by atoms with E-state index in [1.807, 2.05) is 13.8 Å². The molecule has 2 amide bonds. The van der Waals surface area contributed by atoms with E-state index in [9.17, 15) is 19.2 Å². The zero-order valence-corrected chi connectivity index (χ0v) is 19.3. The Morgan fingerprint density at radius 1 is 1.09 bits per heavy atom. The molecule has 2 aliphatic carbocycles. The molecule has 2 N–H and O–H groups in total. The molecule has 9 heteroatoms. The average molecular weight is 463 g/mol. The molecular formula is C24H34N2O7. The standard InChI is InChI=1S/C24H34N2O7/c1-6-11-32-21(28)17(13-15(4)5)25-22(29)24(26-23(30)33-12-7-2)10-9-16-19(20(16)24)18(27)14-31-8-3/h6-8,15-17,19-20H,1-3,9-14H2,4-5H3,(H,25,29)(H,26,30)/t16-,17-,19+,20-,24-/m0/s1. The maximum absolute atomic E-state index is 13.6. The molecule has 0 radical (unpaired) electrons. The minimum atomic E-state index is -1.38. The first-order valence-corrected chi connectivity index (χ1v) is 11.1. The number of carbonyl (C=O) groups is 4. The molecule has 182 valence electrons. The van der Waals surface area contributed by atoms with Crippen molar-refractivity contribution in [1.29, 1.82) is 0 Å². The molecule has 9 nitrogen and oxygen atoms in total. The Labute approximate surface area is 194 Å². The van der Waals surface area contributed by atoms with Crippen LogP contribution in [0.4, 0.5) is 4.79 Å². The second-order valence-electron chi connectivity index (χ2n) is 8.76. The highest BCUT2D eigenvalue weighted by atomic mass is 16.5. The summed E-state index contributed by atoms with van der Waals surface area (Å²) >= 11 is 0. The van der Waals surface area contributed by atoms with Crippen LogP contribution in [-0.2, 0) is 28.6 Å². The van der Waals surface area contributed by atoms with Gasteiger partial charge in [0, 0.05) is 11.8 Å². The lowest BCUT2D eigenvalue weighted by Crippen LogP contribution is -2.62. The number of ether oxygens (including phenoxy) is 3. The third-order valence-corrected chi connectivity index (χ3v) is 6.03. The lowest BCUT2D eigenvalue weighted by molar-refractivity contribution is -0.148. The molecule has 0 heterocycles. The Kier molecular flexibility index (Phi) is 9.25. The molecule has 5 atom stereocenters. The predicted octanol–water partition coefficient (Wildman–Crippen LogP) is 2.28. The van der Waals surface area contributed by atoms with E-state index in [-0.39, 0.29) is 37.4 Å². The molecule has 0 spiro atoms. The van der Waals surface area contributed by atoms with Gasteiger partial charge in [-0.2, -0.15) is 0 Å². The molecule has 0 aromatic rings. The molecule has 0 bridgehead atoms. The van der Waals surface area contributed by atoms with Gasteiger partial charge in [-0.15, -0.1) is 0 Å². The van der Waals surface area contributed by atoms with Crippen molar-refractivity contribution in [3.8, 4) is 0 Å². The van der Waals surface area contributed by atoms with Crippen LogP contribution in [0.1, 0.15) is 33.1 Å². The smallest absolute Gasteiger partial charge is 0.408 e. The zero-order valence-electron chi connectivity index (χ0n) is 19.3. The van der Waals surface area contributed by atoms with Gasteiger partial charge in [0.2, 0.25) is 5.91 Å². The number of alkyl carbamates (subject to hydrolysis) is 1. The molecule has 0 aromatic heterocycles. The second-order valence-corrected chi connectivity index (χ2v) is 8.76. The SMILES string of the molecule is C=CCOC(=O)N[C@@]1(C(=O)N[C@@H](CC(C)C)C(=O)OCC=C)CC[C@H]2[C@H](C(=O)COC=C)[C@H]21. The maximum atomic E-state index is 13.6. The predicted molar refractivity (Wildman–Crippen MR) is 121 cm³/mol. The van der Waals surface area contributed by atoms with Crippen molar-refractivity contribution >= 4 is 23.8 Å². The van der Waals surface area contributed by atoms with Crippen LogP contribution in [0.3, 0.4) is 0 Å². The Balaban J connectivity index is 2.26. The fraction of sp³-hybridized carbons (Fsp3) is 0.583. The number of fused-ring (bicyclic) bond motifs is 1. The van der Waals surface area contributed by atoms with E-state index in [0.717, 1.165) is 0 Å². The normalized spacial score (nSPS) is 25.7.